The van der Waals surface area contributed by atoms with Crippen molar-refractivity contribution in [1.82, 2.24) is 4.98 Å². The number of anilines is 3. The van der Waals surface area contributed by atoms with E-state index in [9.17, 15) is 4.79 Å². The summed E-state index contributed by atoms with van der Waals surface area (Å²) in [5, 5.41) is 4.47. The van der Waals surface area contributed by atoms with Crippen LogP contribution >= 0.6 is 0 Å². The van der Waals surface area contributed by atoms with Crippen LogP contribution in [-0.4, -0.2) is 24.9 Å². The number of benzene rings is 3. The lowest BCUT2D eigenvalue weighted by Gasteiger charge is -2.17. The minimum atomic E-state index is -0.700. The van der Waals surface area contributed by atoms with Gasteiger partial charge in [0.05, 0.1) is 11.6 Å². The third kappa shape index (κ3) is 4.27. The van der Waals surface area contributed by atoms with Gasteiger partial charge in [0.15, 0.2) is 5.78 Å². The molecule has 0 amide bonds. The van der Waals surface area contributed by atoms with Gasteiger partial charge >= 0.3 is 0 Å². The average molecular weight is 411 g/mol. The van der Waals surface area contributed by atoms with Gasteiger partial charge in [-0.25, -0.2) is 4.98 Å². The SMILES string of the molecule is Cc1ccccc1C(=O)C(N)c1ccc(Nc2cc(N(C)C)c3ccccc3n2)cc1. The summed E-state index contributed by atoms with van der Waals surface area (Å²) in [5.41, 5.74) is 11.5. The molecule has 3 N–H and O–H groups in total. The summed E-state index contributed by atoms with van der Waals surface area (Å²) < 4.78 is 0. The number of Topliss-reactive ketones (excluding diaryl/α,β-unsaturated/α-hetero) is 1. The fourth-order valence-corrected chi connectivity index (χ4v) is 3.68. The Bertz CT molecular complexity index is 1230. The van der Waals surface area contributed by atoms with Gasteiger partial charge < -0.3 is 16.0 Å². The Morgan fingerprint density at radius 3 is 2.35 bits per heavy atom. The molecule has 1 unspecified atom stereocenters. The monoisotopic (exact) mass is 410 g/mol. The molecular weight excluding hydrogens is 384 g/mol. The van der Waals surface area contributed by atoms with Gasteiger partial charge in [-0.2, -0.15) is 0 Å². The van der Waals surface area contributed by atoms with Gasteiger partial charge in [-0.05, 0) is 36.2 Å². The van der Waals surface area contributed by atoms with Crippen LogP contribution in [0.5, 0.6) is 0 Å². The van der Waals surface area contributed by atoms with Crippen LogP contribution in [0.25, 0.3) is 10.9 Å². The number of rotatable bonds is 6. The molecule has 0 fully saturated rings. The molecule has 0 aliphatic rings. The Hall–Kier alpha value is -3.70. The lowest BCUT2D eigenvalue weighted by molar-refractivity contribution is 0.0960. The van der Waals surface area contributed by atoms with E-state index in [-0.39, 0.29) is 5.78 Å². The van der Waals surface area contributed by atoms with Crippen LogP contribution in [0.2, 0.25) is 0 Å². The topological polar surface area (TPSA) is 71.2 Å². The lowest BCUT2D eigenvalue weighted by Crippen LogP contribution is -2.22. The van der Waals surface area contributed by atoms with Gasteiger partial charge in [0.1, 0.15) is 5.82 Å². The van der Waals surface area contributed by atoms with E-state index in [0.717, 1.165) is 39.2 Å². The number of nitrogens with two attached hydrogens (primary N) is 1. The number of carbonyl (C=O) groups excluding carboxylic acids is 1. The van der Waals surface area contributed by atoms with Crippen LogP contribution in [0.4, 0.5) is 17.2 Å². The van der Waals surface area contributed by atoms with Crippen LogP contribution in [0, 0.1) is 6.92 Å². The standard InChI is InChI=1S/C26H26N4O/c1-17-8-4-5-9-20(17)26(31)25(27)18-12-14-19(15-13-18)28-24-16-23(30(2)3)21-10-6-7-11-22(21)29-24/h4-16,25H,27H2,1-3H3,(H,28,29). The summed E-state index contributed by atoms with van der Waals surface area (Å²) in [4.78, 5) is 19.6. The van der Waals surface area contributed by atoms with Crippen LogP contribution < -0.4 is 16.0 Å². The number of aryl methyl sites for hydroxylation is 1. The highest BCUT2D eigenvalue weighted by atomic mass is 16.1. The molecular formula is C26H26N4O. The lowest BCUT2D eigenvalue weighted by atomic mass is 9.95. The van der Waals surface area contributed by atoms with Crippen molar-refractivity contribution < 1.29 is 4.79 Å². The van der Waals surface area contributed by atoms with Crippen LogP contribution in [-0.2, 0) is 0 Å². The highest BCUT2D eigenvalue weighted by molar-refractivity contribution is 6.01. The van der Waals surface area contributed by atoms with Crippen LogP contribution in [0.15, 0.2) is 78.9 Å². The predicted molar refractivity (Wildman–Crippen MR) is 128 cm³/mol. The number of aromatic nitrogens is 1. The molecule has 5 heteroatoms. The number of nitrogens with zero attached hydrogens (tertiary/aromatic N) is 2. The molecule has 0 aliphatic carbocycles. The zero-order valence-electron chi connectivity index (χ0n) is 18.0. The number of hydrogen-bond donors (Lipinski definition) is 2. The number of ketones is 1. The van der Waals surface area contributed by atoms with Crippen LogP contribution in [0.1, 0.15) is 27.5 Å². The molecule has 0 spiro atoms. The summed E-state index contributed by atoms with van der Waals surface area (Å²) in [7, 11) is 4.04. The molecule has 1 atom stereocenters. The molecule has 4 rings (SSSR count). The molecule has 31 heavy (non-hydrogen) atoms. The van der Waals surface area contributed by atoms with Crippen molar-refractivity contribution in [3.63, 3.8) is 0 Å². The molecule has 0 saturated heterocycles. The molecule has 4 aromatic rings. The van der Waals surface area contributed by atoms with Crippen molar-refractivity contribution >= 4 is 33.9 Å². The van der Waals surface area contributed by atoms with Crippen molar-refractivity contribution in [3.05, 3.63) is 95.6 Å². The summed E-state index contributed by atoms with van der Waals surface area (Å²) in [6.07, 6.45) is 0. The number of para-hydroxylation sites is 1. The van der Waals surface area contributed by atoms with Gasteiger partial charge in [0.2, 0.25) is 0 Å². The normalized spacial score (nSPS) is 11.9. The quantitative estimate of drug-likeness (QED) is 0.426. The first kappa shape index (κ1) is 20.6. The molecule has 3 aromatic carbocycles. The van der Waals surface area contributed by atoms with E-state index in [1.807, 2.05) is 93.8 Å². The van der Waals surface area contributed by atoms with E-state index in [0.29, 0.717) is 5.56 Å². The van der Waals surface area contributed by atoms with Crippen molar-refractivity contribution in [2.75, 3.05) is 24.3 Å². The molecule has 1 aromatic heterocycles. The smallest absolute Gasteiger partial charge is 0.184 e. The molecule has 0 bridgehead atoms. The number of fused-ring (bicyclic) bond motifs is 1. The van der Waals surface area contributed by atoms with Crippen molar-refractivity contribution in [2.24, 2.45) is 5.73 Å². The van der Waals surface area contributed by atoms with E-state index < -0.39 is 6.04 Å². The molecule has 0 aliphatic heterocycles. The second-order valence-corrected chi connectivity index (χ2v) is 7.84. The first-order valence-electron chi connectivity index (χ1n) is 10.2. The second kappa shape index (κ2) is 8.58. The fraction of sp³-hybridized carbons (Fsp3) is 0.154. The van der Waals surface area contributed by atoms with Crippen molar-refractivity contribution in [2.45, 2.75) is 13.0 Å². The Morgan fingerprint density at radius 2 is 1.65 bits per heavy atom. The number of pyridine rings is 1. The summed E-state index contributed by atoms with van der Waals surface area (Å²) in [6.45, 7) is 1.92. The van der Waals surface area contributed by atoms with Gasteiger partial charge in [-0.1, -0.05) is 54.6 Å². The maximum Gasteiger partial charge on any atom is 0.184 e. The molecule has 0 radical (unpaired) electrons. The van der Waals surface area contributed by atoms with E-state index in [1.54, 1.807) is 0 Å². The summed E-state index contributed by atoms with van der Waals surface area (Å²) in [5.74, 6) is 0.682. The van der Waals surface area contributed by atoms with Gasteiger partial charge in [-0.15, -0.1) is 0 Å². The second-order valence-electron chi connectivity index (χ2n) is 7.84. The van der Waals surface area contributed by atoms with E-state index in [4.69, 9.17) is 10.7 Å². The Balaban J connectivity index is 1.56. The zero-order valence-corrected chi connectivity index (χ0v) is 18.0. The van der Waals surface area contributed by atoms with Gasteiger partial charge in [0.25, 0.3) is 0 Å². The summed E-state index contributed by atoms with van der Waals surface area (Å²) in [6, 6.07) is 24.6. The molecule has 156 valence electrons. The van der Waals surface area contributed by atoms with Crippen molar-refractivity contribution in [3.8, 4) is 0 Å². The van der Waals surface area contributed by atoms with Gasteiger partial charge in [0, 0.05) is 42.5 Å². The highest BCUT2D eigenvalue weighted by Crippen LogP contribution is 2.29. The van der Waals surface area contributed by atoms with Crippen molar-refractivity contribution in [1.29, 1.82) is 0 Å². The first-order chi connectivity index (χ1) is 14.9. The van der Waals surface area contributed by atoms with Crippen LogP contribution in [0.3, 0.4) is 0 Å². The Morgan fingerprint density at radius 1 is 0.968 bits per heavy atom. The minimum absolute atomic E-state index is 0.0781. The summed E-state index contributed by atoms with van der Waals surface area (Å²) >= 11 is 0. The van der Waals surface area contributed by atoms with E-state index in [2.05, 4.69) is 16.3 Å². The Labute approximate surface area is 182 Å². The maximum absolute atomic E-state index is 12.8. The highest BCUT2D eigenvalue weighted by Gasteiger charge is 2.19. The Kier molecular flexibility index (Phi) is 5.69. The zero-order chi connectivity index (χ0) is 22.0. The van der Waals surface area contributed by atoms with Gasteiger partial charge in [-0.3, -0.25) is 4.79 Å². The molecule has 1 heterocycles. The molecule has 5 nitrogen and oxygen atoms in total. The third-order valence-corrected chi connectivity index (χ3v) is 5.41. The fourth-order valence-electron chi connectivity index (χ4n) is 3.68. The first-order valence-corrected chi connectivity index (χ1v) is 10.2. The predicted octanol–water partition coefficient (Wildman–Crippen LogP) is 5.24. The molecule has 0 saturated carbocycles. The largest absolute Gasteiger partial charge is 0.377 e. The van der Waals surface area contributed by atoms with E-state index >= 15 is 0 Å². The average Bonchev–Trinajstić information content (AvgIpc) is 2.78. The number of hydrogen-bond acceptors (Lipinski definition) is 5. The van der Waals surface area contributed by atoms with E-state index in [1.165, 1.54) is 0 Å². The third-order valence-electron chi connectivity index (χ3n) is 5.41. The maximum atomic E-state index is 12.8. The number of carbonyl (C=O) groups is 1. The number of nitrogens with one attached hydrogen (secondary N) is 1. The minimum Gasteiger partial charge on any atom is -0.377 e.